The van der Waals surface area contributed by atoms with Crippen molar-refractivity contribution >= 4 is 11.3 Å². The van der Waals surface area contributed by atoms with E-state index < -0.39 is 0 Å². The Balaban J connectivity index is 2.14. The molecule has 0 unspecified atom stereocenters. The molecule has 0 atom stereocenters. The number of fused-ring (bicyclic) bond motifs is 1. The fraction of sp³-hybridized carbons (Fsp3) is 0.133. The van der Waals surface area contributed by atoms with Gasteiger partial charge in [0.1, 0.15) is 17.4 Å². The van der Waals surface area contributed by atoms with E-state index in [4.69, 9.17) is 10.00 Å². The molecule has 3 heterocycles. The summed E-state index contributed by atoms with van der Waals surface area (Å²) in [5.41, 5.74) is 3.93. The minimum absolute atomic E-state index is 0.502. The van der Waals surface area contributed by atoms with E-state index in [9.17, 15) is 0 Å². The Morgan fingerprint density at radius 2 is 2.10 bits per heavy atom. The van der Waals surface area contributed by atoms with Crippen LogP contribution in [0.25, 0.3) is 16.8 Å². The number of ether oxygens (including phenoxy) is 1. The Bertz CT molecular complexity index is 847. The molecule has 21 heavy (non-hydrogen) atoms. The van der Waals surface area contributed by atoms with Crippen LogP contribution in [0.2, 0.25) is 0 Å². The lowest BCUT2D eigenvalue weighted by Crippen LogP contribution is -1.97. The van der Waals surface area contributed by atoms with Gasteiger partial charge in [0.15, 0.2) is 0 Å². The van der Waals surface area contributed by atoms with Crippen LogP contribution < -0.4 is 10.1 Å². The van der Waals surface area contributed by atoms with Gasteiger partial charge >= 0.3 is 0 Å². The van der Waals surface area contributed by atoms with Crippen LogP contribution in [0.4, 0.5) is 5.69 Å². The smallest absolute Gasteiger partial charge is 0.237 e. The number of nitrogens with one attached hydrogen (secondary N) is 1. The summed E-state index contributed by atoms with van der Waals surface area (Å²) in [6.45, 7) is 0. The molecule has 0 radical (unpaired) electrons. The maximum absolute atomic E-state index is 9.09. The van der Waals surface area contributed by atoms with Gasteiger partial charge in [-0.25, -0.2) is 9.97 Å². The van der Waals surface area contributed by atoms with Crippen LogP contribution in [0, 0.1) is 11.3 Å². The molecule has 0 saturated heterocycles. The van der Waals surface area contributed by atoms with Gasteiger partial charge in [-0.15, -0.1) is 0 Å². The third-order valence-electron chi connectivity index (χ3n) is 3.27. The number of methoxy groups -OCH3 is 1. The molecule has 0 aliphatic rings. The molecule has 6 heteroatoms. The Hall–Kier alpha value is -3.07. The van der Waals surface area contributed by atoms with Crippen molar-refractivity contribution in [3.8, 4) is 23.1 Å². The van der Waals surface area contributed by atoms with Gasteiger partial charge in [-0.05, 0) is 18.2 Å². The zero-order valence-corrected chi connectivity index (χ0v) is 11.7. The fourth-order valence-electron chi connectivity index (χ4n) is 2.19. The van der Waals surface area contributed by atoms with E-state index in [2.05, 4.69) is 21.4 Å². The average Bonchev–Trinajstić information content (AvgIpc) is 2.96. The minimum atomic E-state index is 0.502. The highest BCUT2D eigenvalue weighted by atomic mass is 16.5. The van der Waals surface area contributed by atoms with Gasteiger partial charge in [-0.3, -0.25) is 4.40 Å². The van der Waals surface area contributed by atoms with Gasteiger partial charge in [0, 0.05) is 30.6 Å². The van der Waals surface area contributed by atoms with E-state index in [1.165, 1.54) is 0 Å². The third-order valence-corrected chi connectivity index (χ3v) is 3.27. The van der Waals surface area contributed by atoms with Crippen molar-refractivity contribution in [1.29, 1.82) is 5.26 Å². The summed E-state index contributed by atoms with van der Waals surface area (Å²) >= 11 is 0. The molecular weight excluding hydrogens is 266 g/mol. The molecule has 0 aliphatic heterocycles. The number of nitrogens with zero attached hydrogens (tertiary/aromatic N) is 4. The normalized spacial score (nSPS) is 10.3. The minimum Gasteiger partial charge on any atom is -0.480 e. The van der Waals surface area contributed by atoms with E-state index >= 15 is 0 Å². The second-order valence-electron chi connectivity index (χ2n) is 4.43. The van der Waals surface area contributed by atoms with Gasteiger partial charge in [0.25, 0.3) is 0 Å². The summed E-state index contributed by atoms with van der Waals surface area (Å²) in [5.74, 6) is 0.544. The highest BCUT2D eigenvalue weighted by Crippen LogP contribution is 2.28. The van der Waals surface area contributed by atoms with Crippen LogP contribution in [0.5, 0.6) is 5.88 Å². The van der Waals surface area contributed by atoms with E-state index in [0.717, 1.165) is 22.5 Å². The van der Waals surface area contributed by atoms with Crippen LogP contribution in [-0.4, -0.2) is 28.5 Å². The van der Waals surface area contributed by atoms with Gasteiger partial charge in [-0.1, -0.05) is 0 Å². The lowest BCUT2D eigenvalue weighted by atomic mass is 10.1. The first-order chi connectivity index (χ1) is 10.3. The maximum Gasteiger partial charge on any atom is 0.237 e. The zero-order valence-electron chi connectivity index (χ0n) is 11.7. The molecule has 0 bridgehead atoms. The van der Waals surface area contributed by atoms with Gasteiger partial charge < -0.3 is 10.1 Å². The van der Waals surface area contributed by atoms with E-state index in [1.54, 1.807) is 23.9 Å². The predicted molar refractivity (Wildman–Crippen MR) is 79.2 cm³/mol. The van der Waals surface area contributed by atoms with E-state index in [-0.39, 0.29) is 0 Å². The zero-order chi connectivity index (χ0) is 14.8. The molecule has 6 nitrogen and oxygen atoms in total. The van der Waals surface area contributed by atoms with Crippen LogP contribution in [-0.2, 0) is 0 Å². The SMILES string of the molecule is CNc1cc(-c2ccc3ncc(C#N)n3c2)cnc1OC. The monoisotopic (exact) mass is 279 g/mol. The lowest BCUT2D eigenvalue weighted by Gasteiger charge is -2.09. The molecule has 0 fully saturated rings. The molecule has 0 spiro atoms. The van der Waals surface area contributed by atoms with Crippen molar-refractivity contribution in [3.05, 3.63) is 42.5 Å². The number of hydrogen-bond acceptors (Lipinski definition) is 5. The van der Waals surface area contributed by atoms with Crippen molar-refractivity contribution in [3.63, 3.8) is 0 Å². The van der Waals surface area contributed by atoms with Crippen molar-refractivity contribution < 1.29 is 4.74 Å². The second-order valence-corrected chi connectivity index (χ2v) is 4.43. The summed E-state index contributed by atoms with van der Waals surface area (Å²) in [5, 5.41) is 12.1. The number of rotatable bonds is 3. The number of aromatic nitrogens is 3. The molecule has 104 valence electrons. The van der Waals surface area contributed by atoms with Crippen LogP contribution in [0.1, 0.15) is 5.69 Å². The third kappa shape index (κ3) is 2.15. The molecule has 0 aliphatic carbocycles. The van der Waals surface area contributed by atoms with E-state index in [0.29, 0.717) is 11.6 Å². The van der Waals surface area contributed by atoms with E-state index in [1.807, 2.05) is 31.4 Å². The molecule has 0 amide bonds. The Morgan fingerprint density at radius 3 is 2.81 bits per heavy atom. The molecule has 3 aromatic heterocycles. The van der Waals surface area contributed by atoms with Crippen molar-refractivity contribution in [2.75, 3.05) is 19.5 Å². The second kappa shape index (κ2) is 5.13. The molecule has 0 aromatic carbocycles. The highest BCUT2D eigenvalue weighted by Gasteiger charge is 2.08. The van der Waals surface area contributed by atoms with Crippen molar-refractivity contribution in [2.24, 2.45) is 0 Å². The number of hydrogen-bond donors (Lipinski definition) is 1. The Labute approximate surface area is 121 Å². The first-order valence-corrected chi connectivity index (χ1v) is 6.36. The summed E-state index contributed by atoms with van der Waals surface area (Å²) in [6, 6.07) is 7.90. The van der Waals surface area contributed by atoms with Crippen molar-refractivity contribution in [2.45, 2.75) is 0 Å². The molecule has 3 aromatic rings. The van der Waals surface area contributed by atoms with Gasteiger partial charge in [-0.2, -0.15) is 5.26 Å². The number of nitriles is 1. The Kier molecular flexibility index (Phi) is 3.16. The first kappa shape index (κ1) is 12.9. The number of imidazole rings is 1. The first-order valence-electron chi connectivity index (χ1n) is 6.36. The predicted octanol–water partition coefficient (Wildman–Crippen LogP) is 2.32. The summed E-state index contributed by atoms with van der Waals surface area (Å²) in [6.07, 6.45) is 5.18. The molecule has 1 N–H and O–H groups in total. The van der Waals surface area contributed by atoms with Crippen LogP contribution in [0.15, 0.2) is 36.8 Å². The molecular formula is C15H13N5O. The largest absolute Gasteiger partial charge is 0.480 e. The summed E-state index contributed by atoms with van der Waals surface area (Å²) < 4.78 is 6.95. The average molecular weight is 279 g/mol. The van der Waals surface area contributed by atoms with Gasteiger partial charge in [0.05, 0.1) is 19.0 Å². The van der Waals surface area contributed by atoms with Crippen molar-refractivity contribution in [1.82, 2.24) is 14.4 Å². The summed E-state index contributed by atoms with van der Waals surface area (Å²) in [7, 11) is 3.40. The highest BCUT2D eigenvalue weighted by molar-refractivity contribution is 5.70. The molecule has 0 saturated carbocycles. The number of pyridine rings is 2. The quantitative estimate of drug-likeness (QED) is 0.796. The standard InChI is InChI=1S/C15H13N5O/c1-17-13-5-11(7-19-15(13)21-2)10-3-4-14-18-8-12(6-16)20(14)9-10/h3-5,7-9,17H,1-2H3. The van der Waals surface area contributed by atoms with Crippen LogP contribution >= 0.6 is 0 Å². The lowest BCUT2D eigenvalue weighted by molar-refractivity contribution is 0.400. The Morgan fingerprint density at radius 1 is 1.24 bits per heavy atom. The fourth-order valence-corrected chi connectivity index (χ4v) is 2.19. The van der Waals surface area contributed by atoms with Gasteiger partial charge in [0.2, 0.25) is 5.88 Å². The summed E-state index contributed by atoms with van der Waals surface area (Å²) in [4.78, 5) is 8.46. The number of anilines is 1. The maximum atomic E-state index is 9.09. The topological polar surface area (TPSA) is 75.2 Å². The molecule has 3 rings (SSSR count). The van der Waals surface area contributed by atoms with Crippen LogP contribution in [0.3, 0.4) is 0 Å².